The van der Waals surface area contributed by atoms with Crippen LogP contribution in [-0.4, -0.2) is 62.0 Å². The summed E-state index contributed by atoms with van der Waals surface area (Å²) in [5.74, 6) is -0.269. The maximum atomic E-state index is 11.3. The Kier molecular flexibility index (Phi) is 8.27. The van der Waals surface area contributed by atoms with E-state index in [-0.39, 0.29) is 25.2 Å². The average molecular weight is 219 g/mol. The summed E-state index contributed by atoms with van der Waals surface area (Å²) in [5.41, 5.74) is 0. The van der Waals surface area contributed by atoms with Gasteiger partial charge in [0.05, 0.1) is 25.9 Å². The number of carbonyl (C=O) groups excluding carboxylic acids is 1. The van der Waals surface area contributed by atoms with Crippen LogP contribution >= 0.6 is 0 Å². The van der Waals surface area contributed by atoms with E-state index in [2.05, 4.69) is 0 Å². The summed E-state index contributed by atoms with van der Waals surface area (Å²) in [5, 5.41) is 8.80. The highest BCUT2D eigenvalue weighted by atomic mass is 16.5. The standard InChI is InChI=1S/C10H21NO4/c1-9(2)15-10(13)8-11(4-6-12)5-7-14-3/h9,12H,4-8H2,1-3H3. The number of nitrogens with zero attached hydrogens (tertiary/aromatic N) is 1. The van der Waals surface area contributed by atoms with Gasteiger partial charge >= 0.3 is 5.97 Å². The van der Waals surface area contributed by atoms with E-state index in [9.17, 15) is 4.79 Å². The summed E-state index contributed by atoms with van der Waals surface area (Å²) in [6.45, 7) is 5.45. The minimum Gasteiger partial charge on any atom is -0.462 e. The van der Waals surface area contributed by atoms with Gasteiger partial charge in [0.1, 0.15) is 0 Å². The van der Waals surface area contributed by atoms with E-state index < -0.39 is 0 Å². The molecular formula is C10H21NO4. The molecule has 0 fully saturated rings. The highest BCUT2D eigenvalue weighted by molar-refractivity contribution is 5.71. The molecule has 0 aliphatic carbocycles. The predicted octanol–water partition coefficient (Wildman–Crippen LogP) is -0.121. The average Bonchev–Trinajstić information content (AvgIpc) is 2.13. The first-order chi connectivity index (χ1) is 7.10. The summed E-state index contributed by atoms with van der Waals surface area (Å²) < 4.78 is 9.91. The normalized spacial score (nSPS) is 11.1. The third-order valence-corrected chi connectivity index (χ3v) is 1.75. The molecule has 0 unspecified atom stereocenters. The predicted molar refractivity (Wildman–Crippen MR) is 56.6 cm³/mol. The molecule has 1 N–H and O–H groups in total. The number of rotatable bonds is 8. The molecular weight excluding hydrogens is 198 g/mol. The third-order valence-electron chi connectivity index (χ3n) is 1.75. The molecule has 0 rings (SSSR count). The Morgan fingerprint density at radius 3 is 2.53 bits per heavy atom. The van der Waals surface area contributed by atoms with Gasteiger partial charge in [0, 0.05) is 20.2 Å². The molecule has 90 valence electrons. The fraction of sp³-hybridized carbons (Fsp3) is 0.900. The van der Waals surface area contributed by atoms with E-state index in [1.54, 1.807) is 12.0 Å². The summed E-state index contributed by atoms with van der Waals surface area (Å²) in [7, 11) is 1.60. The molecule has 0 aromatic heterocycles. The lowest BCUT2D eigenvalue weighted by atomic mass is 10.4. The molecule has 0 amide bonds. The first-order valence-corrected chi connectivity index (χ1v) is 5.11. The zero-order valence-electron chi connectivity index (χ0n) is 9.73. The Morgan fingerprint density at radius 1 is 1.40 bits per heavy atom. The van der Waals surface area contributed by atoms with Crippen LogP contribution in [0.25, 0.3) is 0 Å². The van der Waals surface area contributed by atoms with Gasteiger partial charge in [-0.15, -0.1) is 0 Å². The fourth-order valence-electron chi connectivity index (χ4n) is 1.11. The van der Waals surface area contributed by atoms with Gasteiger partial charge in [0.25, 0.3) is 0 Å². The minimum atomic E-state index is -0.269. The number of esters is 1. The van der Waals surface area contributed by atoms with E-state index in [0.717, 1.165) is 0 Å². The lowest BCUT2D eigenvalue weighted by Crippen LogP contribution is -2.36. The van der Waals surface area contributed by atoms with Gasteiger partial charge in [-0.25, -0.2) is 0 Å². The Bertz CT molecular complexity index is 173. The number of carbonyl (C=O) groups is 1. The Balaban J connectivity index is 3.86. The van der Waals surface area contributed by atoms with Crippen molar-refractivity contribution in [2.24, 2.45) is 0 Å². The SMILES string of the molecule is COCCN(CCO)CC(=O)OC(C)C. The molecule has 0 saturated carbocycles. The molecule has 0 saturated heterocycles. The highest BCUT2D eigenvalue weighted by Gasteiger charge is 2.12. The van der Waals surface area contributed by atoms with Crippen LogP contribution in [0.5, 0.6) is 0 Å². The van der Waals surface area contributed by atoms with Crippen molar-refractivity contribution in [2.45, 2.75) is 20.0 Å². The molecule has 5 heteroatoms. The van der Waals surface area contributed by atoms with Crippen LogP contribution in [0.3, 0.4) is 0 Å². The molecule has 0 atom stereocenters. The molecule has 0 bridgehead atoms. The zero-order chi connectivity index (χ0) is 11.7. The first-order valence-electron chi connectivity index (χ1n) is 5.11. The van der Waals surface area contributed by atoms with Gasteiger partial charge in [-0.3, -0.25) is 9.69 Å². The topological polar surface area (TPSA) is 59.0 Å². The van der Waals surface area contributed by atoms with Gasteiger partial charge in [-0.05, 0) is 13.8 Å². The molecule has 0 aromatic rings. The van der Waals surface area contributed by atoms with Gasteiger partial charge in [-0.1, -0.05) is 0 Å². The number of ether oxygens (including phenoxy) is 2. The Labute approximate surface area is 91.0 Å². The Morgan fingerprint density at radius 2 is 2.07 bits per heavy atom. The molecule has 0 spiro atoms. The van der Waals surface area contributed by atoms with Crippen molar-refractivity contribution in [3.8, 4) is 0 Å². The van der Waals surface area contributed by atoms with Crippen LogP contribution < -0.4 is 0 Å². The second-order valence-electron chi connectivity index (χ2n) is 3.53. The van der Waals surface area contributed by atoms with Crippen LogP contribution in [0, 0.1) is 0 Å². The molecule has 5 nitrogen and oxygen atoms in total. The van der Waals surface area contributed by atoms with E-state index in [4.69, 9.17) is 14.6 Å². The van der Waals surface area contributed by atoms with Crippen molar-refractivity contribution in [3.63, 3.8) is 0 Å². The number of aliphatic hydroxyl groups is 1. The van der Waals surface area contributed by atoms with Gasteiger partial charge in [-0.2, -0.15) is 0 Å². The summed E-state index contributed by atoms with van der Waals surface area (Å²) in [6, 6.07) is 0. The van der Waals surface area contributed by atoms with E-state index in [1.165, 1.54) is 0 Å². The number of hydrogen-bond acceptors (Lipinski definition) is 5. The van der Waals surface area contributed by atoms with E-state index >= 15 is 0 Å². The molecule has 0 aromatic carbocycles. The summed E-state index contributed by atoms with van der Waals surface area (Å²) in [6.07, 6.45) is -0.101. The maximum absolute atomic E-state index is 11.3. The minimum absolute atomic E-state index is 0.0265. The van der Waals surface area contributed by atoms with Crippen molar-refractivity contribution in [2.75, 3.05) is 40.0 Å². The van der Waals surface area contributed by atoms with E-state index in [1.807, 2.05) is 13.8 Å². The first kappa shape index (κ1) is 14.3. The number of hydrogen-bond donors (Lipinski definition) is 1. The fourth-order valence-corrected chi connectivity index (χ4v) is 1.11. The van der Waals surface area contributed by atoms with Crippen molar-refractivity contribution in [1.82, 2.24) is 4.90 Å². The van der Waals surface area contributed by atoms with Crippen molar-refractivity contribution in [3.05, 3.63) is 0 Å². The second-order valence-corrected chi connectivity index (χ2v) is 3.53. The lowest BCUT2D eigenvalue weighted by molar-refractivity contribution is -0.148. The number of methoxy groups -OCH3 is 1. The van der Waals surface area contributed by atoms with Gasteiger partial charge in [0.2, 0.25) is 0 Å². The van der Waals surface area contributed by atoms with Crippen LogP contribution in [-0.2, 0) is 14.3 Å². The molecule has 0 radical (unpaired) electrons. The van der Waals surface area contributed by atoms with Crippen LogP contribution in [0.4, 0.5) is 0 Å². The highest BCUT2D eigenvalue weighted by Crippen LogP contribution is 1.94. The summed E-state index contributed by atoms with van der Waals surface area (Å²) in [4.78, 5) is 13.1. The van der Waals surface area contributed by atoms with Crippen LogP contribution in [0.15, 0.2) is 0 Å². The Hall–Kier alpha value is -0.650. The second kappa shape index (κ2) is 8.64. The molecule has 0 aliphatic rings. The van der Waals surface area contributed by atoms with Crippen LogP contribution in [0.2, 0.25) is 0 Å². The van der Waals surface area contributed by atoms with E-state index in [0.29, 0.717) is 19.7 Å². The van der Waals surface area contributed by atoms with Crippen molar-refractivity contribution < 1.29 is 19.4 Å². The number of aliphatic hydroxyl groups excluding tert-OH is 1. The molecule has 0 aliphatic heterocycles. The zero-order valence-corrected chi connectivity index (χ0v) is 9.73. The largest absolute Gasteiger partial charge is 0.462 e. The van der Waals surface area contributed by atoms with Gasteiger partial charge in [0.15, 0.2) is 0 Å². The smallest absolute Gasteiger partial charge is 0.320 e. The third kappa shape index (κ3) is 8.35. The maximum Gasteiger partial charge on any atom is 0.320 e. The van der Waals surface area contributed by atoms with Crippen LogP contribution in [0.1, 0.15) is 13.8 Å². The monoisotopic (exact) mass is 219 g/mol. The van der Waals surface area contributed by atoms with Crippen molar-refractivity contribution in [1.29, 1.82) is 0 Å². The molecule has 0 heterocycles. The lowest BCUT2D eigenvalue weighted by Gasteiger charge is -2.20. The van der Waals surface area contributed by atoms with Gasteiger partial charge < -0.3 is 14.6 Å². The quantitative estimate of drug-likeness (QED) is 0.577. The summed E-state index contributed by atoms with van der Waals surface area (Å²) >= 11 is 0. The van der Waals surface area contributed by atoms with Crippen molar-refractivity contribution >= 4 is 5.97 Å². The molecule has 15 heavy (non-hydrogen) atoms.